The fraction of sp³-hybridized carbons (Fsp3) is 0.462. The third-order valence-electron chi connectivity index (χ3n) is 2.73. The average Bonchev–Trinajstić information content (AvgIpc) is 2.30. The van der Waals surface area contributed by atoms with E-state index in [4.69, 9.17) is 4.74 Å². The minimum absolute atomic E-state index is 0.0688. The maximum atomic E-state index is 11.5. The van der Waals surface area contributed by atoms with Crippen LogP contribution in [0.2, 0.25) is 0 Å². The van der Waals surface area contributed by atoms with Gasteiger partial charge in [0.25, 0.3) is 0 Å². The van der Waals surface area contributed by atoms with E-state index in [-0.39, 0.29) is 13.0 Å². The summed E-state index contributed by atoms with van der Waals surface area (Å²) < 4.78 is 4.73. The van der Waals surface area contributed by atoms with E-state index in [0.717, 1.165) is 16.7 Å². The molecule has 0 saturated heterocycles. The second-order valence-electron chi connectivity index (χ2n) is 4.19. The first kappa shape index (κ1) is 14.2. The number of nitrogens with zero attached hydrogens (tertiary/aromatic N) is 1. The number of esters is 1. The van der Waals surface area contributed by atoms with E-state index >= 15 is 0 Å². The number of nitro groups is 1. The number of hydrogen-bond acceptors (Lipinski definition) is 4. The predicted molar refractivity (Wildman–Crippen MR) is 67.0 cm³/mol. The Labute approximate surface area is 106 Å². The van der Waals surface area contributed by atoms with Crippen LogP contribution in [-0.2, 0) is 16.0 Å². The van der Waals surface area contributed by atoms with E-state index in [1.807, 2.05) is 32.0 Å². The highest BCUT2D eigenvalue weighted by Gasteiger charge is 2.31. The summed E-state index contributed by atoms with van der Waals surface area (Å²) in [6.07, 6.45) is 0.0688. The first-order chi connectivity index (χ1) is 8.45. The lowest BCUT2D eigenvalue weighted by molar-refractivity contribution is -0.510. The summed E-state index contributed by atoms with van der Waals surface area (Å²) in [7, 11) is 0. The Balaban J connectivity index is 2.93. The minimum atomic E-state index is -1.33. The Bertz CT molecular complexity index is 456. The van der Waals surface area contributed by atoms with Crippen molar-refractivity contribution >= 4 is 5.97 Å². The van der Waals surface area contributed by atoms with E-state index in [1.54, 1.807) is 6.92 Å². The predicted octanol–water partition coefficient (Wildman–Crippen LogP) is 2.05. The van der Waals surface area contributed by atoms with Crippen LogP contribution < -0.4 is 0 Å². The smallest absolute Gasteiger partial charge is 0.382 e. The van der Waals surface area contributed by atoms with Gasteiger partial charge in [-0.3, -0.25) is 10.1 Å². The second kappa shape index (κ2) is 6.14. The zero-order valence-corrected chi connectivity index (χ0v) is 10.8. The molecular weight excluding hydrogens is 234 g/mol. The van der Waals surface area contributed by atoms with E-state index < -0.39 is 16.9 Å². The summed E-state index contributed by atoms with van der Waals surface area (Å²) in [6, 6.07) is 4.37. The summed E-state index contributed by atoms with van der Waals surface area (Å²) >= 11 is 0. The highest BCUT2D eigenvalue weighted by Crippen LogP contribution is 2.14. The van der Waals surface area contributed by atoms with Crippen molar-refractivity contribution in [2.75, 3.05) is 6.61 Å². The molecule has 0 radical (unpaired) electrons. The van der Waals surface area contributed by atoms with Gasteiger partial charge in [0.1, 0.15) is 0 Å². The fourth-order valence-electron chi connectivity index (χ4n) is 1.71. The lowest BCUT2D eigenvalue weighted by Gasteiger charge is -2.11. The van der Waals surface area contributed by atoms with Gasteiger partial charge in [-0.25, -0.2) is 4.79 Å². The molecule has 0 spiro atoms. The Kier molecular flexibility index (Phi) is 4.83. The maximum Gasteiger partial charge on any atom is 0.382 e. The number of carbonyl (C=O) groups excluding carboxylic acids is 1. The van der Waals surface area contributed by atoms with E-state index in [1.165, 1.54) is 0 Å². The summed E-state index contributed by atoms with van der Waals surface area (Å²) in [6.45, 7) is 5.56. The molecule has 18 heavy (non-hydrogen) atoms. The minimum Gasteiger partial charge on any atom is -0.461 e. The lowest BCUT2D eigenvalue weighted by Crippen LogP contribution is -2.33. The van der Waals surface area contributed by atoms with Crippen molar-refractivity contribution in [1.29, 1.82) is 0 Å². The van der Waals surface area contributed by atoms with Crippen molar-refractivity contribution in [2.24, 2.45) is 0 Å². The number of rotatable bonds is 5. The monoisotopic (exact) mass is 251 g/mol. The van der Waals surface area contributed by atoms with Crippen molar-refractivity contribution in [3.63, 3.8) is 0 Å². The molecule has 0 N–H and O–H groups in total. The van der Waals surface area contributed by atoms with Gasteiger partial charge in [0.05, 0.1) is 13.0 Å². The third kappa shape index (κ3) is 3.55. The van der Waals surface area contributed by atoms with Gasteiger partial charge in [-0.2, -0.15) is 0 Å². The van der Waals surface area contributed by atoms with Gasteiger partial charge in [-0.15, -0.1) is 0 Å². The normalized spacial score (nSPS) is 11.9. The lowest BCUT2D eigenvalue weighted by atomic mass is 9.99. The van der Waals surface area contributed by atoms with Gasteiger partial charge < -0.3 is 4.74 Å². The second-order valence-corrected chi connectivity index (χ2v) is 4.19. The molecule has 0 heterocycles. The third-order valence-corrected chi connectivity index (χ3v) is 2.73. The zero-order chi connectivity index (χ0) is 13.7. The standard InChI is InChI=1S/C13H17NO4/c1-4-18-13(15)12(14(16)17)8-11-7-9(2)5-6-10(11)3/h5-7,12H,4,8H2,1-3H3. The summed E-state index contributed by atoms with van der Waals surface area (Å²) in [5.41, 5.74) is 2.77. The highest BCUT2D eigenvalue weighted by atomic mass is 16.6. The molecular formula is C13H17NO4. The van der Waals surface area contributed by atoms with Gasteiger partial charge in [0.15, 0.2) is 0 Å². The maximum absolute atomic E-state index is 11.5. The van der Waals surface area contributed by atoms with Crippen molar-refractivity contribution in [3.05, 3.63) is 45.0 Å². The first-order valence-electron chi connectivity index (χ1n) is 5.82. The summed E-state index contributed by atoms with van der Waals surface area (Å²) in [5, 5.41) is 10.9. The van der Waals surface area contributed by atoms with Crippen LogP contribution in [0.4, 0.5) is 0 Å². The van der Waals surface area contributed by atoms with Crippen LogP contribution in [-0.4, -0.2) is 23.5 Å². The molecule has 5 heteroatoms. The molecule has 0 aliphatic rings. The Morgan fingerprint density at radius 3 is 2.67 bits per heavy atom. The Morgan fingerprint density at radius 2 is 2.11 bits per heavy atom. The van der Waals surface area contributed by atoms with Crippen molar-refractivity contribution in [2.45, 2.75) is 33.2 Å². The summed E-state index contributed by atoms with van der Waals surface area (Å²) in [5.74, 6) is -0.775. The van der Waals surface area contributed by atoms with Gasteiger partial charge in [-0.1, -0.05) is 23.8 Å². The van der Waals surface area contributed by atoms with E-state index in [2.05, 4.69) is 0 Å². The number of hydrogen-bond donors (Lipinski definition) is 0. The first-order valence-corrected chi connectivity index (χ1v) is 5.82. The van der Waals surface area contributed by atoms with Crippen LogP contribution in [0.25, 0.3) is 0 Å². The van der Waals surface area contributed by atoms with Crippen LogP contribution in [0.3, 0.4) is 0 Å². The summed E-state index contributed by atoms with van der Waals surface area (Å²) in [4.78, 5) is 21.9. The number of aryl methyl sites for hydroxylation is 2. The molecule has 1 atom stereocenters. The van der Waals surface area contributed by atoms with Gasteiger partial charge >= 0.3 is 12.0 Å². The Hall–Kier alpha value is -1.91. The molecule has 0 aliphatic heterocycles. The Morgan fingerprint density at radius 1 is 1.44 bits per heavy atom. The van der Waals surface area contributed by atoms with Crippen LogP contribution in [0.5, 0.6) is 0 Å². The van der Waals surface area contributed by atoms with Crippen LogP contribution in [0.1, 0.15) is 23.6 Å². The molecule has 0 bridgehead atoms. The van der Waals surface area contributed by atoms with Gasteiger partial charge in [0.2, 0.25) is 0 Å². The fourth-order valence-corrected chi connectivity index (χ4v) is 1.71. The topological polar surface area (TPSA) is 69.4 Å². The van der Waals surface area contributed by atoms with Gasteiger partial charge in [-0.05, 0) is 31.9 Å². The number of benzene rings is 1. The highest BCUT2D eigenvalue weighted by molar-refractivity contribution is 5.74. The molecule has 0 aromatic heterocycles. The molecule has 0 aliphatic carbocycles. The van der Waals surface area contributed by atoms with Gasteiger partial charge in [0, 0.05) is 4.92 Å². The molecule has 98 valence electrons. The van der Waals surface area contributed by atoms with E-state index in [0.29, 0.717) is 0 Å². The molecule has 0 saturated carbocycles. The molecule has 1 rings (SSSR count). The quantitative estimate of drug-likeness (QED) is 0.456. The van der Waals surface area contributed by atoms with Crippen molar-refractivity contribution in [1.82, 2.24) is 0 Å². The number of carbonyl (C=O) groups is 1. The largest absolute Gasteiger partial charge is 0.461 e. The average molecular weight is 251 g/mol. The van der Waals surface area contributed by atoms with Crippen LogP contribution in [0.15, 0.2) is 18.2 Å². The molecule has 0 fully saturated rings. The molecule has 5 nitrogen and oxygen atoms in total. The van der Waals surface area contributed by atoms with E-state index in [9.17, 15) is 14.9 Å². The van der Waals surface area contributed by atoms with Crippen molar-refractivity contribution in [3.8, 4) is 0 Å². The molecule has 0 amide bonds. The van der Waals surface area contributed by atoms with Crippen molar-refractivity contribution < 1.29 is 14.5 Å². The zero-order valence-electron chi connectivity index (χ0n) is 10.8. The SMILES string of the molecule is CCOC(=O)C(Cc1cc(C)ccc1C)[N+](=O)[O-]. The number of ether oxygens (including phenoxy) is 1. The molecule has 1 aromatic rings. The molecule has 1 unspecified atom stereocenters. The molecule has 1 aromatic carbocycles. The van der Waals surface area contributed by atoms with Crippen LogP contribution in [0, 0.1) is 24.0 Å². The van der Waals surface area contributed by atoms with Crippen LogP contribution >= 0.6 is 0 Å².